The summed E-state index contributed by atoms with van der Waals surface area (Å²) in [6.07, 6.45) is 2.06. The van der Waals surface area contributed by atoms with E-state index in [-0.39, 0.29) is 6.54 Å². The molecular formula is C15H24FN. The molecule has 0 radical (unpaired) electrons. The quantitative estimate of drug-likeness (QED) is 0.846. The zero-order valence-corrected chi connectivity index (χ0v) is 11.4. The van der Waals surface area contributed by atoms with Gasteiger partial charge in [0.15, 0.2) is 5.67 Å². The maximum Gasteiger partial charge on any atom is 0.152 e. The van der Waals surface area contributed by atoms with Crippen molar-refractivity contribution in [1.82, 2.24) is 0 Å². The van der Waals surface area contributed by atoms with Crippen molar-refractivity contribution in [2.75, 3.05) is 6.54 Å². The van der Waals surface area contributed by atoms with Gasteiger partial charge >= 0.3 is 0 Å². The lowest BCUT2D eigenvalue weighted by molar-refractivity contribution is 0.0342. The Morgan fingerprint density at radius 1 is 1.24 bits per heavy atom. The molecule has 2 N–H and O–H groups in total. The number of nitrogens with two attached hydrogens (primary N) is 1. The van der Waals surface area contributed by atoms with Crippen LogP contribution in [0.5, 0.6) is 0 Å². The van der Waals surface area contributed by atoms with Gasteiger partial charge < -0.3 is 5.73 Å². The van der Waals surface area contributed by atoms with Gasteiger partial charge in [0.2, 0.25) is 0 Å². The first kappa shape index (κ1) is 14.2. The summed E-state index contributed by atoms with van der Waals surface area (Å²) in [6, 6.07) is 7.78. The van der Waals surface area contributed by atoms with Gasteiger partial charge in [0.1, 0.15) is 0 Å². The van der Waals surface area contributed by atoms with Gasteiger partial charge in [-0.3, -0.25) is 0 Å². The fourth-order valence-electron chi connectivity index (χ4n) is 2.12. The lowest BCUT2D eigenvalue weighted by Gasteiger charge is -2.37. The van der Waals surface area contributed by atoms with Gasteiger partial charge in [0.05, 0.1) is 0 Å². The van der Waals surface area contributed by atoms with Gasteiger partial charge in [0, 0.05) is 12.0 Å². The Bertz CT molecular complexity index is 367. The van der Waals surface area contributed by atoms with Crippen LogP contribution in [0.3, 0.4) is 0 Å². The second kappa shape index (κ2) is 5.18. The van der Waals surface area contributed by atoms with Gasteiger partial charge in [-0.2, -0.15) is 0 Å². The Hall–Kier alpha value is -0.890. The van der Waals surface area contributed by atoms with Crippen molar-refractivity contribution in [3.8, 4) is 0 Å². The second-order valence-electron chi connectivity index (χ2n) is 5.71. The molecule has 0 bridgehead atoms. The number of hydrogen-bond donors (Lipinski definition) is 1. The highest BCUT2D eigenvalue weighted by Crippen LogP contribution is 2.42. The number of halogens is 1. The highest BCUT2D eigenvalue weighted by atomic mass is 19.1. The average molecular weight is 237 g/mol. The van der Waals surface area contributed by atoms with E-state index < -0.39 is 11.1 Å². The molecule has 0 spiro atoms. The van der Waals surface area contributed by atoms with E-state index in [1.807, 2.05) is 45.0 Å². The van der Waals surface area contributed by atoms with E-state index in [1.54, 1.807) is 0 Å². The third kappa shape index (κ3) is 2.86. The maximum absolute atomic E-state index is 15.1. The van der Waals surface area contributed by atoms with Crippen LogP contribution < -0.4 is 5.73 Å². The summed E-state index contributed by atoms with van der Waals surface area (Å²) < 4.78 is 15.1. The molecule has 1 rings (SSSR count). The monoisotopic (exact) mass is 237 g/mol. The smallest absolute Gasteiger partial charge is 0.152 e. The molecular weight excluding hydrogens is 213 g/mol. The zero-order chi connectivity index (χ0) is 13.1. The van der Waals surface area contributed by atoms with Gasteiger partial charge in [-0.1, -0.05) is 58.4 Å². The number of rotatable bonds is 4. The van der Waals surface area contributed by atoms with Crippen molar-refractivity contribution < 1.29 is 4.39 Å². The number of aryl methyl sites for hydroxylation is 1. The average Bonchev–Trinajstić information content (AvgIpc) is 2.27. The van der Waals surface area contributed by atoms with Crippen LogP contribution in [-0.2, 0) is 12.1 Å². The largest absolute Gasteiger partial charge is 0.327 e. The fraction of sp³-hybridized carbons (Fsp3) is 0.600. The molecule has 96 valence electrons. The van der Waals surface area contributed by atoms with Gasteiger partial charge in [-0.05, 0) is 17.5 Å². The molecule has 17 heavy (non-hydrogen) atoms. The molecule has 1 nitrogen and oxygen atoms in total. The second-order valence-corrected chi connectivity index (χ2v) is 5.71. The summed E-state index contributed by atoms with van der Waals surface area (Å²) in [6.45, 7) is 7.83. The van der Waals surface area contributed by atoms with Crippen LogP contribution in [0.1, 0.15) is 45.2 Å². The van der Waals surface area contributed by atoms with Crippen LogP contribution in [0.15, 0.2) is 24.3 Å². The van der Waals surface area contributed by atoms with E-state index in [0.29, 0.717) is 5.56 Å². The Morgan fingerprint density at radius 2 is 1.88 bits per heavy atom. The van der Waals surface area contributed by atoms with Gasteiger partial charge in [0.25, 0.3) is 0 Å². The van der Waals surface area contributed by atoms with Crippen LogP contribution in [0, 0.1) is 5.41 Å². The molecule has 1 unspecified atom stereocenters. The van der Waals surface area contributed by atoms with E-state index in [0.717, 1.165) is 12.8 Å². The van der Waals surface area contributed by atoms with Crippen molar-refractivity contribution in [2.24, 2.45) is 11.1 Å². The van der Waals surface area contributed by atoms with Crippen molar-refractivity contribution in [2.45, 2.75) is 46.2 Å². The summed E-state index contributed by atoms with van der Waals surface area (Å²) in [5.41, 5.74) is 5.61. The third-order valence-corrected chi connectivity index (χ3v) is 3.39. The first-order valence-electron chi connectivity index (χ1n) is 6.33. The molecule has 0 amide bonds. The number of hydrogen-bond acceptors (Lipinski definition) is 1. The molecule has 0 aromatic heterocycles. The SMILES string of the molecule is CCCc1cccc(C(F)(CN)C(C)(C)C)c1. The van der Waals surface area contributed by atoms with Gasteiger partial charge in [-0.15, -0.1) is 0 Å². The highest BCUT2D eigenvalue weighted by molar-refractivity contribution is 5.30. The minimum atomic E-state index is -1.46. The standard InChI is InChI=1S/C15H24FN/c1-5-7-12-8-6-9-13(10-12)15(16,11-17)14(2,3)4/h6,8-10H,5,7,11,17H2,1-4H3. The summed E-state index contributed by atoms with van der Waals surface area (Å²) >= 11 is 0. The van der Waals surface area contributed by atoms with Crippen LogP contribution in [0.25, 0.3) is 0 Å². The third-order valence-electron chi connectivity index (χ3n) is 3.39. The predicted octanol–water partition coefficient (Wildman–Crippen LogP) is 3.81. The van der Waals surface area contributed by atoms with Crippen molar-refractivity contribution in [3.05, 3.63) is 35.4 Å². The van der Waals surface area contributed by atoms with E-state index >= 15 is 4.39 Å². The van der Waals surface area contributed by atoms with Crippen LogP contribution >= 0.6 is 0 Å². The topological polar surface area (TPSA) is 26.0 Å². The Morgan fingerprint density at radius 3 is 2.35 bits per heavy atom. The summed E-state index contributed by atoms with van der Waals surface area (Å²) in [7, 11) is 0. The lowest BCUT2D eigenvalue weighted by Crippen LogP contribution is -2.42. The molecule has 2 heteroatoms. The molecule has 0 saturated carbocycles. The highest BCUT2D eigenvalue weighted by Gasteiger charge is 2.42. The molecule has 0 aliphatic carbocycles. The molecule has 1 atom stereocenters. The minimum Gasteiger partial charge on any atom is -0.327 e. The molecule has 1 aromatic carbocycles. The molecule has 0 fully saturated rings. The zero-order valence-electron chi connectivity index (χ0n) is 11.4. The van der Waals surface area contributed by atoms with E-state index in [2.05, 4.69) is 6.92 Å². The van der Waals surface area contributed by atoms with Crippen LogP contribution in [0.2, 0.25) is 0 Å². The van der Waals surface area contributed by atoms with E-state index in [1.165, 1.54) is 5.56 Å². The minimum absolute atomic E-state index is 0.0199. The molecule has 0 saturated heterocycles. The van der Waals surface area contributed by atoms with Crippen molar-refractivity contribution >= 4 is 0 Å². The number of benzene rings is 1. The van der Waals surface area contributed by atoms with E-state index in [9.17, 15) is 0 Å². The predicted molar refractivity (Wildman–Crippen MR) is 71.7 cm³/mol. The summed E-state index contributed by atoms with van der Waals surface area (Å²) in [5, 5.41) is 0. The maximum atomic E-state index is 15.1. The van der Waals surface area contributed by atoms with E-state index in [4.69, 9.17) is 5.73 Å². The Balaban J connectivity index is 3.16. The number of alkyl halides is 1. The first-order valence-corrected chi connectivity index (χ1v) is 6.33. The first-order chi connectivity index (χ1) is 7.85. The molecule has 0 aliphatic heterocycles. The van der Waals surface area contributed by atoms with Gasteiger partial charge in [-0.25, -0.2) is 4.39 Å². The molecule has 1 aromatic rings. The Kier molecular flexibility index (Phi) is 4.31. The van der Waals surface area contributed by atoms with Crippen molar-refractivity contribution in [3.63, 3.8) is 0 Å². The fourth-order valence-corrected chi connectivity index (χ4v) is 2.12. The van der Waals surface area contributed by atoms with Crippen LogP contribution in [0.4, 0.5) is 4.39 Å². The summed E-state index contributed by atoms with van der Waals surface area (Å²) in [5.74, 6) is 0. The summed E-state index contributed by atoms with van der Waals surface area (Å²) in [4.78, 5) is 0. The normalized spacial score (nSPS) is 15.6. The van der Waals surface area contributed by atoms with Crippen LogP contribution in [-0.4, -0.2) is 6.54 Å². The lowest BCUT2D eigenvalue weighted by atomic mass is 9.73. The van der Waals surface area contributed by atoms with Crippen molar-refractivity contribution in [1.29, 1.82) is 0 Å². The molecule has 0 heterocycles. The molecule has 0 aliphatic rings. The Labute approximate surface area is 104 Å².